The maximum absolute atomic E-state index is 11.5. The van der Waals surface area contributed by atoms with Crippen LogP contribution in [-0.4, -0.2) is 25.5 Å². The Kier molecular flexibility index (Phi) is 5.02. The lowest BCUT2D eigenvalue weighted by atomic mass is 10.1. The lowest BCUT2D eigenvalue weighted by Gasteiger charge is -2.06. The first-order valence-corrected chi connectivity index (χ1v) is 6.83. The van der Waals surface area contributed by atoms with Gasteiger partial charge in [0.25, 0.3) is 0 Å². The molecule has 1 amide bonds. The zero-order chi connectivity index (χ0) is 12.8. The Hall–Kier alpha value is -1.06. The zero-order valence-corrected chi connectivity index (χ0v) is 11.2. The molecule has 1 saturated carbocycles. The van der Waals surface area contributed by atoms with Crippen LogP contribution in [0.4, 0.5) is 0 Å². The average Bonchev–Trinajstić information content (AvgIpc) is 3.13. The summed E-state index contributed by atoms with van der Waals surface area (Å²) in [7, 11) is 0. The Morgan fingerprint density at radius 2 is 2.22 bits per heavy atom. The number of rotatable bonds is 7. The van der Waals surface area contributed by atoms with E-state index in [0.717, 1.165) is 29.5 Å². The van der Waals surface area contributed by atoms with Crippen LogP contribution in [0.25, 0.3) is 0 Å². The van der Waals surface area contributed by atoms with Gasteiger partial charge in [0.15, 0.2) is 0 Å². The molecule has 0 atom stereocenters. The van der Waals surface area contributed by atoms with Gasteiger partial charge in [0.05, 0.1) is 6.54 Å². The van der Waals surface area contributed by atoms with Crippen LogP contribution >= 0.6 is 11.6 Å². The van der Waals surface area contributed by atoms with E-state index in [1.54, 1.807) is 0 Å². The number of hydrogen-bond donors (Lipinski definition) is 2. The Balaban J connectivity index is 1.57. The quantitative estimate of drug-likeness (QED) is 0.793. The summed E-state index contributed by atoms with van der Waals surface area (Å²) in [6.07, 6.45) is 3.43. The number of nitrogens with one attached hydrogen (secondary N) is 2. The molecule has 0 aliphatic heterocycles. The van der Waals surface area contributed by atoms with Crippen molar-refractivity contribution in [2.75, 3.05) is 19.6 Å². The average molecular weight is 267 g/mol. The Bertz CT molecular complexity index is 405. The van der Waals surface area contributed by atoms with E-state index in [-0.39, 0.29) is 5.91 Å². The topological polar surface area (TPSA) is 41.1 Å². The number of carbonyl (C=O) groups excluding carboxylic acids is 1. The predicted octanol–water partition coefficient (Wildman–Crippen LogP) is 2.00. The van der Waals surface area contributed by atoms with Gasteiger partial charge < -0.3 is 10.6 Å². The molecule has 1 fully saturated rings. The molecule has 98 valence electrons. The van der Waals surface area contributed by atoms with Crippen LogP contribution in [-0.2, 0) is 11.2 Å². The van der Waals surface area contributed by atoms with Crippen molar-refractivity contribution in [2.24, 2.45) is 5.92 Å². The van der Waals surface area contributed by atoms with E-state index >= 15 is 0 Å². The smallest absolute Gasteiger partial charge is 0.233 e. The van der Waals surface area contributed by atoms with E-state index < -0.39 is 0 Å². The maximum Gasteiger partial charge on any atom is 0.233 e. The lowest BCUT2D eigenvalue weighted by Crippen LogP contribution is -2.35. The minimum absolute atomic E-state index is 0.0673. The molecular weight excluding hydrogens is 248 g/mol. The molecule has 0 saturated heterocycles. The number of benzene rings is 1. The summed E-state index contributed by atoms with van der Waals surface area (Å²) >= 11 is 5.89. The van der Waals surface area contributed by atoms with Crippen molar-refractivity contribution in [3.8, 4) is 0 Å². The summed E-state index contributed by atoms with van der Waals surface area (Å²) in [4.78, 5) is 11.5. The first kappa shape index (κ1) is 13.4. The van der Waals surface area contributed by atoms with E-state index in [2.05, 4.69) is 10.6 Å². The number of amides is 1. The van der Waals surface area contributed by atoms with E-state index in [9.17, 15) is 4.79 Å². The second-order valence-corrected chi connectivity index (χ2v) is 5.24. The van der Waals surface area contributed by atoms with Gasteiger partial charge in [-0.1, -0.05) is 23.7 Å². The van der Waals surface area contributed by atoms with E-state index in [4.69, 9.17) is 11.6 Å². The van der Waals surface area contributed by atoms with Crippen molar-refractivity contribution in [3.63, 3.8) is 0 Å². The highest BCUT2D eigenvalue weighted by Crippen LogP contribution is 2.27. The predicted molar refractivity (Wildman–Crippen MR) is 73.8 cm³/mol. The fraction of sp³-hybridized carbons (Fsp3) is 0.500. The normalized spacial score (nSPS) is 14.5. The number of halogens is 1. The monoisotopic (exact) mass is 266 g/mol. The van der Waals surface area contributed by atoms with Gasteiger partial charge in [0, 0.05) is 11.6 Å². The lowest BCUT2D eigenvalue weighted by molar-refractivity contribution is -0.120. The first-order chi connectivity index (χ1) is 8.74. The second kappa shape index (κ2) is 6.76. The molecule has 0 aromatic heterocycles. The van der Waals surface area contributed by atoms with E-state index in [0.29, 0.717) is 13.1 Å². The third-order valence-electron chi connectivity index (χ3n) is 3.04. The highest BCUT2D eigenvalue weighted by Gasteiger charge is 2.20. The van der Waals surface area contributed by atoms with Crippen LogP contribution in [0, 0.1) is 5.92 Å². The van der Waals surface area contributed by atoms with Gasteiger partial charge in [-0.3, -0.25) is 4.79 Å². The molecule has 0 unspecified atom stereocenters. The highest BCUT2D eigenvalue weighted by molar-refractivity contribution is 6.30. The third-order valence-corrected chi connectivity index (χ3v) is 3.28. The molecule has 0 radical (unpaired) electrons. The fourth-order valence-corrected chi connectivity index (χ4v) is 2.03. The van der Waals surface area contributed by atoms with Gasteiger partial charge >= 0.3 is 0 Å². The zero-order valence-electron chi connectivity index (χ0n) is 10.4. The minimum Gasteiger partial charge on any atom is -0.355 e. The van der Waals surface area contributed by atoms with Gasteiger partial charge in [-0.15, -0.1) is 0 Å². The molecule has 0 heterocycles. The molecule has 2 N–H and O–H groups in total. The van der Waals surface area contributed by atoms with Crippen LogP contribution in [0.3, 0.4) is 0 Å². The summed E-state index contributed by atoms with van der Waals surface area (Å²) < 4.78 is 0. The van der Waals surface area contributed by atoms with Gasteiger partial charge in [0.1, 0.15) is 0 Å². The van der Waals surface area contributed by atoms with Crippen molar-refractivity contribution in [1.29, 1.82) is 0 Å². The summed E-state index contributed by atoms with van der Waals surface area (Å²) in [6, 6.07) is 7.73. The Morgan fingerprint density at radius 3 is 2.94 bits per heavy atom. The summed E-state index contributed by atoms with van der Waals surface area (Å²) in [6.45, 7) is 2.05. The van der Waals surface area contributed by atoms with Gasteiger partial charge in [-0.2, -0.15) is 0 Å². The summed E-state index contributed by atoms with van der Waals surface area (Å²) in [5, 5.41) is 6.81. The molecule has 1 aromatic rings. The van der Waals surface area contributed by atoms with Crippen LogP contribution in [0.5, 0.6) is 0 Å². The highest BCUT2D eigenvalue weighted by atomic mass is 35.5. The molecule has 1 aromatic carbocycles. The van der Waals surface area contributed by atoms with Crippen LogP contribution < -0.4 is 10.6 Å². The Morgan fingerprint density at radius 1 is 1.39 bits per heavy atom. The van der Waals surface area contributed by atoms with Gasteiger partial charge in [-0.05, 0) is 49.4 Å². The largest absolute Gasteiger partial charge is 0.355 e. The van der Waals surface area contributed by atoms with Crippen LogP contribution in [0.2, 0.25) is 5.02 Å². The van der Waals surface area contributed by atoms with Crippen molar-refractivity contribution < 1.29 is 4.79 Å². The SMILES string of the molecule is O=C(CNCC1CC1)NCCc1cccc(Cl)c1. The molecule has 18 heavy (non-hydrogen) atoms. The molecule has 0 spiro atoms. The second-order valence-electron chi connectivity index (χ2n) is 4.80. The van der Waals surface area contributed by atoms with Crippen molar-refractivity contribution >= 4 is 17.5 Å². The maximum atomic E-state index is 11.5. The summed E-state index contributed by atoms with van der Waals surface area (Å²) in [5.41, 5.74) is 1.15. The van der Waals surface area contributed by atoms with Crippen LogP contribution in [0.1, 0.15) is 18.4 Å². The van der Waals surface area contributed by atoms with Crippen molar-refractivity contribution in [1.82, 2.24) is 10.6 Å². The van der Waals surface area contributed by atoms with Crippen LogP contribution in [0.15, 0.2) is 24.3 Å². The summed E-state index contributed by atoms with van der Waals surface area (Å²) in [5.74, 6) is 0.877. The Labute approximate surface area is 113 Å². The van der Waals surface area contributed by atoms with E-state index in [1.165, 1.54) is 12.8 Å². The molecule has 2 rings (SSSR count). The van der Waals surface area contributed by atoms with Gasteiger partial charge in [0.2, 0.25) is 5.91 Å². The molecule has 1 aliphatic rings. The fourth-order valence-electron chi connectivity index (χ4n) is 1.81. The number of carbonyl (C=O) groups is 1. The molecular formula is C14H19ClN2O. The first-order valence-electron chi connectivity index (χ1n) is 6.46. The molecule has 0 bridgehead atoms. The standard InChI is InChI=1S/C14H19ClN2O/c15-13-3-1-2-11(8-13)6-7-17-14(18)10-16-9-12-4-5-12/h1-3,8,12,16H,4-7,9-10H2,(H,17,18). The van der Waals surface area contributed by atoms with Crippen molar-refractivity contribution in [3.05, 3.63) is 34.9 Å². The van der Waals surface area contributed by atoms with Gasteiger partial charge in [-0.25, -0.2) is 0 Å². The number of hydrogen-bond acceptors (Lipinski definition) is 2. The van der Waals surface area contributed by atoms with E-state index in [1.807, 2.05) is 24.3 Å². The molecule has 3 nitrogen and oxygen atoms in total. The molecule has 4 heteroatoms. The minimum atomic E-state index is 0.0673. The molecule has 1 aliphatic carbocycles. The van der Waals surface area contributed by atoms with Crippen molar-refractivity contribution in [2.45, 2.75) is 19.3 Å². The third kappa shape index (κ3) is 5.07.